The van der Waals surface area contributed by atoms with Crippen LogP contribution >= 0.6 is 0 Å². The number of benzene rings is 1. The molecule has 0 saturated carbocycles. The normalized spacial score (nSPS) is 27.8. The molecule has 1 aliphatic rings. The number of hydrogen-bond donors (Lipinski definition) is 0. The predicted octanol–water partition coefficient (Wildman–Crippen LogP) is 3.30. The SMILES string of the molecule is COc1ccc(C2OC(C)CC(C)(C)O2)cc1. The van der Waals surface area contributed by atoms with Crippen LogP contribution in [0.1, 0.15) is 39.0 Å². The Hall–Kier alpha value is -1.06. The van der Waals surface area contributed by atoms with Crippen LogP contribution in [0.15, 0.2) is 24.3 Å². The maximum absolute atomic E-state index is 5.94. The van der Waals surface area contributed by atoms with Gasteiger partial charge in [0.2, 0.25) is 0 Å². The number of ether oxygens (including phenoxy) is 3. The van der Waals surface area contributed by atoms with Crippen molar-refractivity contribution in [1.82, 2.24) is 0 Å². The highest BCUT2D eigenvalue weighted by Gasteiger charge is 2.34. The first kappa shape index (κ1) is 12.4. The molecule has 0 amide bonds. The summed E-state index contributed by atoms with van der Waals surface area (Å²) < 4.78 is 16.9. The van der Waals surface area contributed by atoms with E-state index in [0.29, 0.717) is 0 Å². The van der Waals surface area contributed by atoms with Crippen LogP contribution in [0, 0.1) is 0 Å². The topological polar surface area (TPSA) is 27.7 Å². The van der Waals surface area contributed by atoms with Crippen LogP contribution in [0.4, 0.5) is 0 Å². The molecule has 1 fully saturated rings. The zero-order chi connectivity index (χ0) is 12.5. The second-order valence-corrected chi connectivity index (χ2v) is 5.13. The van der Waals surface area contributed by atoms with Crippen molar-refractivity contribution in [1.29, 1.82) is 0 Å². The first-order chi connectivity index (χ1) is 8.00. The summed E-state index contributed by atoms with van der Waals surface area (Å²) in [6.45, 7) is 6.28. The molecule has 0 N–H and O–H groups in total. The summed E-state index contributed by atoms with van der Waals surface area (Å²) in [4.78, 5) is 0. The Morgan fingerprint density at radius 3 is 2.41 bits per heavy atom. The fourth-order valence-corrected chi connectivity index (χ4v) is 2.22. The Labute approximate surface area is 103 Å². The van der Waals surface area contributed by atoms with Crippen molar-refractivity contribution in [3.05, 3.63) is 29.8 Å². The van der Waals surface area contributed by atoms with E-state index in [1.54, 1.807) is 7.11 Å². The predicted molar refractivity (Wildman–Crippen MR) is 66.1 cm³/mol. The van der Waals surface area contributed by atoms with E-state index in [4.69, 9.17) is 14.2 Å². The molecule has 1 saturated heterocycles. The van der Waals surface area contributed by atoms with Gasteiger partial charge >= 0.3 is 0 Å². The smallest absolute Gasteiger partial charge is 0.184 e. The molecular formula is C14H20O3. The quantitative estimate of drug-likeness (QED) is 0.788. The van der Waals surface area contributed by atoms with E-state index < -0.39 is 0 Å². The van der Waals surface area contributed by atoms with Gasteiger partial charge in [0.15, 0.2) is 6.29 Å². The van der Waals surface area contributed by atoms with Crippen molar-refractivity contribution in [3.8, 4) is 5.75 Å². The average molecular weight is 236 g/mol. The van der Waals surface area contributed by atoms with Crippen LogP contribution in [0.5, 0.6) is 5.75 Å². The maximum Gasteiger partial charge on any atom is 0.184 e. The van der Waals surface area contributed by atoms with Gasteiger partial charge in [-0.2, -0.15) is 0 Å². The largest absolute Gasteiger partial charge is 0.497 e. The molecule has 1 aromatic rings. The van der Waals surface area contributed by atoms with Crippen molar-refractivity contribution in [3.63, 3.8) is 0 Å². The summed E-state index contributed by atoms with van der Waals surface area (Å²) in [7, 11) is 1.66. The fraction of sp³-hybridized carbons (Fsp3) is 0.571. The highest BCUT2D eigenvalue weighted by Crippen LogP contribution is 2.35. The molecule has 94 valence electrons. The van der Waals surface area contributed by atoms with Gasteiger partial charge < -0.3 is 14.2 Å². The van der Waals surface area contributed by atoms with Crippen molar-refractivity contribution >= 4 is 0 Å². The number of methoxy groups -OCH3 is 1. The van der Waals surface area contributed by atoms with E-state index in [2.05, 4.69) is 20.8 Å². The zero-order valence-electron chi connectivity index (χ0n) is 10.9. The highest BCUT2D eigenvalue weighted by atomic mass is 16.7. The summed E-state index contributed by atoms with van der Waals surface area (Å²) in [5.41, 5.74) is 0.896. The third-order valence-electron chi connectivity index (χ3n) is 2.95. The fourth-order valence-electron chi connectivity index (χ4n) is 2.22. The van der Waals surface area contributed by atoms with Gasteiger partial charge in [0.05, 0.1) is 18.8 Å². The molecule has 2 rings (SSSR count). The molecule has 1 aromatic carbocycles. The van der Waals surface area contributed by atoms with Gasteiger partial charge in [-0.1, -0.05) is 12.1 Å². The summed E-state index contributed by atoms with van der Waals surface area (Å²) in [5.74, 6) is 0.844. The van der Waals surface area contributed by atoms with Crippen LogP contribution in [-0.4, -0.2) is 18.8 Å². The molecule has 1 aliphatic heterocycles. The molecule has 0 bridgehead atoms. The summed E-state index contributed by atoms with van der Waals surface area (Å²) in [6, 6.07) is 7.82. The van der Waals surface area contributed by atoms with Crippen LogP contribution in [-0.2, 0) is 9.47 Å². The lowest BCUT2D eigenvalue weighted by molar-refractivity contribution is -0.273. The van der Waals surface area contributed by atoms with E-state index in [-0.39, 0.29) is 18.0 Å². The Morgan fingerprint density at radius 2 is 1.88 bits per heavy atom. The van der Waals surface area contributed by atoms with Gasteiger partial charge in [-0.15, -0.1) is 0 Å². The lowest BCUT2D eigenvalue weighted by Crippen LogP contribution is -2.38. The van der Waals surface area contributed by atoms with E-state index >= 15 is 0 Å². The lowest BCUT2D eigenvalue weighted by Gasteiger charge is -2.39. The summed E-state index contributed by atoms with van der Waals surface area (Å²) in [5, 5.41) is 0. The second kappa shape index (κ2) is 4.67. The van der Waals surface area contributed by atoms with Crippen molar-refractivity contribution in [2.45, 2.75) is 45.2 Å². The van der Waals surface area contributed by atoms with E-state index in [0.717, 1.165) is 17.7 Å². The van der Waals surface area contributed by atoms with Crippen molar-refractivity contribution < 1.29 is 14.2 Å². The molecule has 3 heteroatoms. The molecule has 0 aromatic heterocycles. The minimum Gasteiger partial charge on any atom is -0.497 e. The second-order valence-electron chi connectivity index (χ2n) is 5.13. The third-order valence-corrected chi connectivity index (χ3v) is 2.95. The molecule has 3 nitrogen and oxygen atoms in total. The van der Waals surface area contributed by atoms with E-state index in [9.17, 15) is 0 Å². The monoisotopic (exact) mass is 236 g/mol. The van der Waals surface area contributed by atoms with Crippen LogP contribution < -0.4 is 4.74 Å². The van der Waals surface area contributed by atoms with Gasteiger partial charge in [-0.3, -0.25) is 0 Å². The number of hydrogen-bond acceptors (Lipinski definition) is 3. The first-order valence-electron chi connectivity index (χ1n) is 5.97. The maximum atomic E-state index is 5.94. The average Bonchev–Trinajstić information content (AvgIpc) is 2.26. The minimum atomic E-state index is -0.278. The Morgan fingerprint density at radius 1 is 1.24 bits per heavy atom. The lowest BCUT2D eigenvalue weighted by atomic mass is 9.99. The van der Waals surface area contributed by atoms with Gasteiger partial charge in [0.25, 0.3) is 0 Å². The highest BCUT2D eigenvalue weighted by molar-refractivity contribution is 5.28. The standard InChI is InChI=1S/C14H20O3/c1-10-9-14(2,3)17-13(16-10)11-5-7-12(15-4)8-6-11/h5-8,10,13H,9H2,1-4H3. The third kappa shape index (κ3) is 2.99. The molecule has 0 aliphatic carbocycles. The summed E-state index contributed by atoms with van der Waals surface area (Å²) >= 11 is 0. The van der Waals surface area contributed by atoms with Gasteiger partial charge in [-0.25, -0.2) is 0 Å². The molecular weight excluding hydrogens is 216 g/mol. The van der Waals surface area contributed by atoms with Crippen molar-refractivity contribution in [2.24, 2.45) is 0 Å². The van der Waals surface area contributed by atoms with Gasteiger partial charge in [0.1, 0.15) is 5.75 Å². The Bertz CT molecular complexity index is 370. The molecule has 2 unspecified atom stereocenters. The van der Waals surface area contributed by atoms with Crippen molar-refractivity contribution in [2.75, 3.05) is 7.11 Å². The Balaban J connectivity index is 2.15. The van der Waals surface area contributed by atoms with Crippen LogP contribution in [0.2, 0.25) is 0 Å². The van der Waals surface area contributed by atoms with Crippen LogP contribution in [0.25, 0.3) is 0 Å². The molecule has 17 heavy (non-hydrogen) atoms. The Kier molecular flexibility index (Phi) is 3.40. The van der Waals surface area contributed by atoms with E-state index in [1.807, 2.05) is 24.3 Å². The van der Waals surface area contributed by atoms with Gasteiger partial charge in [0, 0.05) is 12.0 Å². The molecule has 0 radical (unpaired) electrons. The van der Waals surface area contributed by atoms with Gasteiger partial charge in [-0.05, 0) is 32.9 Å². The molecule has 1 heterocycles. The van der Waals surface area contributed by atoms with Crippen LogP contribution in [0.3, 0.4) is 0 Å². The molecule has 0 spiro atoms. The zero-order valence-corrected chi connectivity index (χ0v) is 10.9. The number of rotatable bonds is 2. The summed E-state index contributed by atoms with van der Waals surface area (Å²) in [6.07, 6.45) is 0.852. The minimum absolute atomic E-state index is 0.137. The van der Waals surface area contributed by atoms with E-state index in [1.165, 1.54) is 0 Å². The molecule has 2 atom stereocenters. The first-order valence-corrected chi connectivity index (χ1v) is 5.97.